The number of thioether (sulfide) groups is 1. The molecule has 0 atom stereocenters. The predicted molar refractivity (Wildman–Crippen MR) is 73.9 cm³/mol. The van der Waals surface area contributed by atoms with Gasteiger partial charge in [0.05, 0.1) is 12.4 Å². The fourth-order valence-corrected chi connectivity index (χ4v) is 1.97. The summed E-state index contributed by atoms with van der Waals surface area (Å²) >= 11 is 1.20. The number of carbonyl (C=O) groups excluding carboxylic acids is 1. The van der Waals surface area contributed by atoms with E-state index in [2.05, 4.69) is 25.3 Å². The Labute approximate surface area is 120 Å². The van der Waals surface area contributed by atoms with Crippen LogP contribution in [-0.2, 0) is 9.53 Å². The molecule has 0 aromatic carbocycles. The number of aromatic nitrogens is 5. The van der Waals surface area contributed by atoms with E-state index in [1.807, 2.05) is 0 Å². The zero-order chi connectivity index (χ0) is 14.4. The lowest BCUT2D eigenvalue weighted by atomic mass is 10.8. The summed E-state index contributed by atoms with van der Waals surface area (Å²) in [7, 11) is 1.72. The van der Waals surface area contributed by atoms with Crippen LogP contribution in [0.5, 0.6) is 0 Å². The molecule has 1 N–H and O–H groups in total. The third kappa shape index (κ3) is 3.67. The minimum Gasteiger partial charge on any atom is -0.465 e. The number of esters is 1. The van der Waals surface area contributed by atoms with Gasteiger partial charge in [0.15, 0.2) is 5.16 Å². The molecule has 0 spiro atoms. The summed E-state index contributed by atoms with van der Waals surface area (Å²) in [4.78, 5) is 28.0. The van der Waals surface area contributed by atoms with Crippen LogP contribution in [0.25, 0.3) is 5.95 Å². The van der Waals surface area contributed by atoms with Crippen molar-refractivity contribution in [2.45, 2.75) is 12.1 Å². The maximum absolute atomic E-state index is 11.3. The van der Waals surface area contributed by atoms with Crippen LogP contribution < -0.4 is 5.32 Å². The van der Waals surface area contributed by atoms with E-state index in [0.717, 1.165) is 0 Å². The van der Waals surface area contributed by atoms with E-state index >= 15 is 0 Å². The third-order valence-electron chi connectivity index (χ3n) is 2.19. The molecule has 9 heteroatoms. The van der Waals surface area contributed by atoms with Crippen LogP contribution in [0.1, 0.15) is 6.92 Å². The second-order valence-corrected chi connectivity index (χ2v) is 4.50. The maximum atomic E-state index is 11.3. The molecule has 0 aliphatic carbocycles. The van der Waals surface area contributed by atoms with Gasteiger partial charge in [0.2, 0.25) is 11.9 Å². The summed E-state index contributed by atoms with van der Waals surface area (Å²) in [5.41, 5.74) is 0. The first-order chi connectivity index (χ1) is 9.72. The molecule has 20 heavy (non-hydrogen) atoms. The monoisotopic (exact) mass is 294 g/mol. The number of carbonyl (C=O) groups is 1. The number of nitrogens with one attached hydrogen (secondary N) is 1. The van der Waals surface area contributed by atoms with Crippen LogP contribution in [0, 0.1) is 0 Å². The van der Waals surface area contributed by atoms with Crippen LogP contribution in [0.4, 0.5) is 5.95 Å². The molecule has 0 saturated heterocycles. The third-order valence-corrected chi connectivity index (χ3v) is 3.01. The molecular weight excluding hydrogens is 280 g/mol. The summed E-state index contributed by atoms with van der Waals surface area (Å²) in [6, 6.07) is 0. The first-order valence-electron chi connectivity index (χ1n) is 5.93. The highest BCUT2D eigenvalue weighted by Gasteiger charge is 2.10. The van der Waals surface area contributed by atoms with Gasteiger partial charge >= 0.3 is 5.97 Å². The van der Waals surface area contributed by atoms with Gasteiger partial charge in [0.1, 0.15) is 6.33 Å². The van der Waals surface area contributed by atoms with Gasteiger partial charge in [-0.1, -0.05) is 11.8 Å². The first-order valence-corrected chi connectivity index (χ1v) is 6.92. The predicted octanol–water partition coefficient (Wildman–Crippen LogP) is 0.754. The molecule has 0 radical (unpaired) electrons. The van der Waals surface area contributed by atoms with E-state index in [4.69, 9.17) is 4.74 Å². The second kappa shape index (κ2) is 6.85. The van der Waals surface area contributed by atoms with Crippen molar-refractivity contribution >= 4 is 23.7 Å². The molecule has 0 fully saturated rings. The second-order valence-electron chi connectivity index (χ2n) is 3.56. The number of ether oxygens (including phenoxy) is 1. The number of imidazole rings is 1. The zero-order valence-corrected chi connectivity index (χ0v) is 11.9. The quantitative estimate of drug-likeness (QED) is 0.616. The van der Waals surface area contributed by atoms with Crippen molar-refractivity contribution in [3.8, 4) is 5.95 Å². The van der Waals surface area contributed by atoms with Gasteiger partial charge in [-0.05, 0) is 6.92 Å². The lowest BCUT2D eigenvalue weighted by Crippen LogP contribution is -2.09. The summed E-state index contributed by atoms with van der Waals surface area (Å²) < 4.78 is 6.52. The Bertz CT molecular complexity index is 574. The van der Waals surface area contributed by atoms with E-state index in [1.54, 1.807) is 37.3 Å². The number of nitrogens with zero attached hydrogens (tertiary/aromatic N) is 5. The summed E-state index contributed by atoms with van der Waals surface area (Å²) in [6.45, 7) is 2.13. The smallest absolute Gasteiger partial charge is 0.316 e. The Morgan fingerprint density at radius 3 is 2.95 bits per heavy atom. The molecule has 2 aromatic heterocycles. The molecule has 0 aliphatic rings. The van der Waals surface area contributed by atoms with E-state index in [1.165, 1.54) is 11.8 Å². The topological polar surface area (TPSA) is 94.8 Å². The van der Waals surface area contributed by atoms with E-state index in [0.29, 0.717) is 23.7 Å². The molecule has 0 aliphatic heterocycles. The van der Waals surface area contributed by atoms with Crippen molar-refractivity contribution in [1.29, 1.82) is 0 Å². The number of rotatable bonds is 6. The molecule has 106 valence electrons. The van der Waals surface area contributed by atoms with Gasteiger partial charge in [0.25, 0.3) is 0 Å². The Balaban J connectivity index is 2.16. The Hall–Kier alpha value is -2.16. The zero-order valence-electron chi connectivity index (χ0n) is 11.1. The Morgan fingerprint density at radius 2 is 2.30 bits per heavy atom. The fourth-order valence-electron chi connectivity index (χ4n) is 1.34. The van der Waals surface area contributed by atoms with Gasteiger partial charge in [-0.15, -0.1) is 0 Å². The minimum atomic E-state index is -0.298. The first kappa shape index (κ1) is 14.3. The molecule has 2 heterocycles. The average molecular weight is 294 g/mol. The summed E-state index contributed by atoms with van der Waals surface area (Å²) in [6.07, 6.45) is 4.96. The lowest BCUT2D eigenvalue weighted by Gasteiger charge is -2.06. The molecule has 0 amide bonds. The summed E-state index contributed by atoms with van der Waals surface area (Å²) in [5.74, 6) is 0.723. The van der Waals surface area contributed by atoms with Crippen molar-refractivity contribution in [3.05, 3.63) is 18.7 Å². The standard InChI is InChI=1S/C11H14N6O2S/c1-3-19-8(18)6-20-11-15-9(12-2)14-10(16-11)17-5-4-13-7-17/h4-5,7H,3,6H2,1-2H3,(H,12,14,15,16). The van der Waals surface area contributed by atoms with E-state index in [9.17, 15) is 4.79 Å². The van der Waals surface area contributed by atoms with Crippen molar-refractivity contribution in [2.24, 2.45) is 0 Å². The van der Waals surface area contributed by atoms with E-state index < -0.39 is 0 Å². The highest BCUT2D eigenvalue weighted by atomic mass is 32.2. The normalized spacial score (nSPS) is 10.3. The average Bonchev–Trinajstić information content (AvgIpc) is 2.99. The molecule has 2 rings (SSSR count). The van der Waals surface area contributed by atoms with Crippen LogP contribution >= 0.6 is 11.8 Å². The molecule has 0 unspecified atom stereocenters. The maximum Gasteiger partial charge on any atom is 0.316 e. The number of hydrogen-bond acceptors (Lipinski definition) is 8. The number of anilines is 1. The van der Waals surface area contributed by atoms with Crippen LogP contribution in [0.2, 0.25) is 0 Å². The highest BCUT2D eigenvalue weighted by Crippen LogP contribution is 2.16. The van der Waals surface area contributed by atoms with Gasteiger partial charge in [-0.25, -0.2) is 4.98 Å². The van der Waals surface area contributed by atoms with Crippen molar-refractivity contribution in [1.82, 2.24) is 24.5 Å². The lowest BCUT2D eigenvalue weighted by molar-refractivity contribution is -0.139. The van der Waals surface area contributed by atoms with Crippen LogP contribution in [0.3, 0.4) is 0 Å². The van der Waals surface area contributed by atoms with Crippen molar-refractivity contribution < 1.29 is 9.53 Å². The van der Waals surface area contributed by atoms with Gasteiger partial charge in [-0.3, -0.25) is 9.36 Å². The Morgan fingerprint density at radius 1 is 1.45 bits per heavy atom. The summed E-state index contributed by atoms with van der Waals surface area (Å²) in [5, 5.41) is 3.30. The Kier molecular flexibility index (Phi) is 4.88. The molecule has 0 saturated carbocycles. The minimum absolute atomic E-state index is 0.157. The molecule has 8 nitrogen and oxygen atoms in total. The SMILES string of the molecule is CCOC(=O)CSc1nc(NC)nc(-n2ccnc2)n1. The van der Waals surface area contributed by atoms with Crippen LogP contribution in [-0.4, -0.2) is 49.9 Å². The van der Waals surface area contributed by atoms with Gasteiger partial charge < -0.3 is 10.1 Å². The molecular formula is C11H14N6O2S. The van der Waals surface area contributed by atoms with Crippen molar-refractivity contribution in [3.63, 3.8) is 0 Å². The molecule has 0 bridgehead atoms. The van der Waals surface area contributed by atoms with Gasteiger partial charge in [-0.2, -0.15) is 15.0 Å². The highest BCUT2D eigenvalue weighted by molar-refractivity contribution is 7.99. The van der Waals surface area contributed by atoms with Crippen LogP contribution in [0.15, 0.2) is 23.9 Å². The largest absolute Gasteiger partial charge is 0.465 e. The van der Waals surface area contributed by atoms with Gasteiger partial charge in [0, 0.05) is 19.4 Å². The van der Waals surface area contributed by atoms with E-state index in [-0.39, 0.29) is 11.7 Å². The number of hydrogen-bond donors (Lipinski definition) is 1. The molecule has 2 aromatic rings. The van der Waals surface area contributed by atoms with Crippen molar-refractivity contribution in [2.75, 3.05) is 24.7 Å². The fraction of sp³-hybridized carbons (Fsp3) is 0.364.